The molecule has 7 nitrogen and oxygen atoms in total. The first-order valence-corrected chi connectivity index (χ1v) is 12.7. The van der Waals surface area contributed by atoms with E-state index in [9.17, 15) is 13.2 Å². The molecule has 34 heavy (non-hydrogen) atoms. The zero-order chi connectivity index (χ0) is 24.0. The number of para-hydroxylation sites is 2. The van der Waals surface area contributed by atoms with Gasteiger partial charge in [0.2, 0.25) is 0 Å². The SMILES string of the molecule is COc1ccccc1C(=O)NCC1(c2ccccc2)CCN(S(=O)(=O)Nc2ccccc2)CC1. The van der Waals surface area contributed by atoms with Gasteiger partial charge in [0, 0.05) is 30.7 Å². The van der Waals surface area contributed by atoms with E-state index in [1.54, 1.807) is 42.5 Å². The zero-order valence-corrected chi connectivity index (χ0v) is 19.9. The summed E-state index contributed by atoms with van der Waals surface area (Å²) in [5, 5.41) is 3.07. The van der Waals surface area contributed by atoms with Gasteiger partial charge in [-0.2, -0.15) is 12.7 Å². The molecule has 2 N–H and O–H groups in total. The third-order valence-corrected chi connectivity index (χ3v) is 7.90. The number of nitrogens with one attached hydrogen (secondary N) is 2. The second kappa shape index (κ2) is 10.3. The first kappa shape index (κ1) is 23.8. The Morgan fingerprint density at radius 3 is 2.15 bits per heavy atom. The van der Waals surface area contributed by atoms with Crippen molar-refractivity contribution in [1.29, 1.82) is 0 Å². The number of methoxy groups -OCH3 is 1. The Labute approximate surface area is 200 Å². The van der Waals surface area contributed by atoms with Crippen molar-refractivity contribution in [2.24, 2.45) is 0 Å². The lowest BCUT2D eigenvalue weighted by atomic mass is 9.73. The number of rotatable bonds is 8. The Balaban J connectivity index is 1.50. The van der Waals surface area contributed by atoms with Gasteiger partial charge in [0.25, 0.3) is 5.91 Å². The smallest absolute Gasteiger partial charge is 0.301 e. The van der Waals surface area contributed by atoms with Crippen LogP contribution in [0.15, 0.2) is 84.9 Å². The monoisotopic (exact) mass is 479 g/mol. The second-order valence-corrected chi connectivity index (χ2v) is 10.1. The summed E-state index contributed by atoms with van der Waals surface area (Å²) in [7, 11) is -2.13. The summed E-state index contributed by atoms with van der Waals surface area (Å²) in [6.45, 7) is 1.09. The predicted octanol–water partition coefficient (Wildman–Crippen LogP) is 3.82. The molecule has 0 atom stereocenters. The van der Waals surface area contributed by atoms with Crippen molar-refractivity contribution in [3.63, 3.8) is 0 Å². The van der Waals surface area contributed by atoms with Crippen LogP contribution in [0.1, 0.15) is 28.8 Å². The Bertz CT molecular complexity index is 1210. The van der Waals surface area contributed by atoms with Crippen LogP contribution in [0.5, 0.6) is 5.75 Å². The van der Waals surface area contributed by atoms with Gasteiger partial charge < -0.3 is 10.1 Å². The molecule has 1 fully saturated rings. The molecular formula is C26H29N3O4S. The molecule has 0 saturated carbocycles. The van der Waals surface area contributed by atoms with E-state index in [2.05, 4.69) is 10.0 Å². The molecule has 4 rings (SSSR count). The molecule has 178 valence electrons. The maximum Gasteiger partial charge on any atom is 0.301 e. The van der Waals surface area contributed by atoms with Crippen molar-refractivity contribution in [2.45, 2.75) is 18.3 Å². The third-order valence-electron chi connectivity index (χ3n) is 6.37. The molecule has 0 aliphatic carbocycles. The Morgan fingerprint density at radius 2 is 1.50 bits per heavy atom. The molecule has 1 aliphatic rings. The fourth-order valence-electron chi connectivity index (χ4n) is 4.41. The first-order chi connectivity index (χ1) is 16.4. The van der Waals surface area contributed by atoms with Crippen molar-refractivity contribution >= 4 is 21.8 Å². The Hall–Kier alpha value is -3.36. The molecule has 3 aromatic rings. The molecular weight excluding hydrogens is 450 g/mol. The molecule has 0 bridgehead atoms. The topological polar surface area (TPSA) is 87.7 Å². The van der Waals surface area contributed by atoms with Crippen molar-refractivity contribution in [3.05, 3.63) is 96.1 Å². The average Bonchev–Trinajstić information content (AvgIpc) is 2.88. The Morgan fingerprint density at radius 1 is 0.912 bits per heavy atom. The van der Waals surface area contributed by atoms with Crippen molar-refractivity contribution in [2.75, 3.05) is 31.5 Å². The van der Waals surface area contributed by atoms with Crippen LogP contribution in [-0.2, 0) is 15.6 Å². The highest BCUT2D eigenvalue weighted by Crippen LogP contribution is 2.36. The fourth-order valence-corrected chi connectivity index (χ4v) is 5.64. The summed E-state index contributed by atoms with van der Waals surface area (Å²) in [4.78, 5) is 13.0. The van der Waals surface area contributed by atoms with Crippen molar-refractivity contribution in [3.8, 4) is 5.75 Å². The molecule has 3 aromatic carbocycles. The molecule has 8 heteroatoms. The van der Waals surface area contributed by atoms with Crippen LogP contribution in [0.25, 0.3) is 0 Å². The summed E-state index contributed by atoms with van der Waals surface area (Å²) >= 11 is 0. The van der Waals surface area contributed by atoms with E-state index >= 15 is 0 Å². The minimum atomic E-state index is -3.67. The standard InChI is InChI=1S/C26H29N3O4S/c1-33-24-15-9-8-14-23(24)25(30)27-20-26(21-10-4-2-5-11-21)16-18-29(19-17-26)34(31,32)28-22-12-6-3-7-13-22/h2-15,28H,16-20H2,1H3,(H,27,30). The number of carbonyl (C=O) groups excluding carboxylic acids is 1. The van der Waals surface area contributed by atoms with Gasteiger partial charge in [0.1, 0.15) is 5.75 Å². The quantitative estimate of drug-likeness (QED) is 0.514. The second-order valence-electron chi connectivity index (χ2n) is 8.40. The lowest BCUT2D eigenvalue weighted by Gasteiger charge is -2.41. The zero-order valence-electron chi connectivity index (χ0n) is 19.1. The number of benzene rings is 3. The van der Waals surface area contributed by atoms with E-state index in [1.165, 1.54) is 11.4 Å². The molecule has 1 saturated heterocycles. The highest BCUT2D eigenvalue weighted by atomic mass is 32.2. The lowest BCUT2D eigenvalue weighted by Crippen LogP contribution is -2.51. The minimum Gasteiger partial charge on any atom is -0.496 e. The number of amides is 1. The molecule has 1 amide bonds. The lowest BCUT2D eigenvalue weighted by molar-refractivity contribution is 0.0930. The number of hydrogen-bond donors (Lipinski definition) is 2. The van der Waals surface area contributed by atoms with Crippen molar-refractivity contribution in [1.82, 2.24) is 9.62 Å². The van der Waals surface area contributed by atoms with Gasteiger partial charge in [-0.3, -0.25) is 9.52 Å². The maximum absolute atomic E-state index is 13.0. The van der Waals surface area contributed by atoms with Crippen LogP contribution in [0.2, 0.25) is 0 Å². The molecule has 0 radical (unpaired) electrons. The van der Waals surface area contributed by atoms with Gasteiger partial charge in [-0.1, -0.05) is 60.7 Å². The summed E-state index contributed by atoms with van der Waals surface area (Å²) in [5.41, 5.74) is 1.72. The average molecular weight is 480 g/mol. The van der Waals surface area contributed by atoms with Crippen LogP contribution in [0.4, 0.5) is 5.69 Å². The summed E-state index contributed by atoms with van der Waals surface area (Å²) in [6.07, 6.45) is 1.16. The largest absolute Gasteiger partial charge is 0.496 e. The van der Waals surface area contributed by atoms with Crippen molar-refractivity contribution < 1.29 is 17.9 Å². The van der Waals surface area contributed by atoms with Gasteiger partial charge in [0.05, 0.1) is 12.7 Å². The highest BCUT2D eigenvalue weighted by molar-refractivity contribution is 7.90. The highest BCUT2D eigenvalue weighted by Gasteiger charge is 2.39. The van der Waals surface area contributed by atoms with E-state index in [1.807, 2.05) is 42.5 Å². The van der Waals surface area contributed by atoms with Crippen LogP contribution in [-0.4, -0.2) is 45.4 Å². The molecule has 1 heterocycles. The Kier molecular flexibility index (Phi) is 7.19. The van der Waals surface area contributed by atoms with Crippen LogP contribution in [0.3, 0.4) is 0 Å². The maximum atomic E-state index is 13.0. The number of ether oxygens (including phenoxy) is 1. The van der Waals surface area contributed by atoms with Crippen LogP contribution in [0, 0.1) is 0 Å². The van der Waals surface area contributed by atoms with Gasteiger partial charge in [-0.15, -0.1) is 0 Å². The molecule has 0 unspecified atom stereocenters. The summed E-state index contributed by atoms with van der Waals surface area (Å²) < 4.78 is 35.4. The minimum absolute atomic E-state index is 0.214. The molecule has 1 aliphatic heterocycles. The number of hydrogen-bond acceptors (Lipinski definition) is 4. The van der Waals surface area contributed by atoms with E-state index < -0.39 is 10.2 Å². The fraction of sp³-hybridized carbons (Fsp3) is 0.269. The molecule has 0 spiro atoms. The van der Waals surface area contributed by atoms with E-state index in [4.69, 9.17) is 4.74 Å². The number of carbonyl (C=O) groups is 1. The predicted molar refractivity (Wildman–Crippen MR) is 133 cm³/mol. The first-order valence-electron chi connectivity index (χ1n) is 11.2. The normalized spacial score (nSPS) is 15.9. The van der Waals surface area contributed by atoms with Crippen LogP contribution >= 0.6 is 0 Å². The van der Waals surface area contributed by atoms with E-state index in [0.717, 1.165) is 5.56 Å². The van der Waals surface area contributed by atoms with E-state index in [-0.39, 0.29) is 11.3 Å². The van der Waals surface area contributed by atoms with Crippen LogP contribution < -0.4 is 14.8 Å². The number of anilines is 1. The van der Waals surface area contributed by atoms with Gasteiger partial charge >= 0.3 is 10.2 Å². The molecule has 0 aromatic heterocycles. The van der Waals surface area contributed by atoms with Gasteiger partial charge in [-0.05, 0) is 42.7 Å². The number of nitrogens with zero attached hydrogens (tertiary/aromatic N) is 1. The van der Waals surface area contributed by atoms with Gasteiger partial charge in [0.15, 0.2) is 0 Å². The third kappa shape index (κ3) is 5.24. The van der Waals surface area contributed by atoms with E-state index in [0.29, 0.717) is 49.5 Å². The number of piperidine rings is 1. The van der Waals surface area contributed by atoms with Gasteiger partial charge in [-0.25, -0.2) is 0 Å². The summed E-state index contributed by atoms with van der Waals surface area (Å²) in [6, 6.07) is 26.0. The summed E-state index contributed by atoms with van der Waals surface area (Å²) in [5.74, 6) is 0.301.